The van der Waals surface area contributed by atoms with E-state index in [-0.39, 0.29) is 29.2 Å². The van der Waals surface area contributed by atoms with E-state index in [2.05, 4.69) is 16.7 Å². The van der Waals surface area contributed by atoms with Gasteiger partial charge in [-0.1, -0.05) is 25.0 Å². The molecule has 0 radical (unpaired) electrons. The van der Waals surface area contributed by atoms with Gasteiger partial charge in [-0.05, 0) is 49.8 Å². The SMILES string of the molecule is COc1cccc(CCC(=O)N[C@H]2CCCC[C@H]2C(=O)NCC2(C#N)CC2)c1. The van der Waals surface area contributed by atoms with Gasteiger partial charge in [-0.15, -0.1) is 0 Å². The number of amides is 2. The summed E-state index contributed by atoms with van der Waals surface area (Å²) in [5.74, 6) is 0.527. The lowest BCUT2D eigenvalue weighted by molar-refractivity contribution is -0.128. The summed E-state index contributed by atoms with van der Waals surface area (Å²) < 4.78 is 5.22. The van der Waals surface area contributed by atoms with Crippen molar-refractivity contribution >= 4 is 11.8 Å². The van der Waals surface area contributed by atoms with Crippen LogP contribution in [-0.2, 0) is 16.0 Å². The minimum Gasteiger partial charge on any atom is -0.497 e. The molecule has 0 heterocycles. The number of carbonyl (C=O) groups excluding carboxylic acids is 2. The third kappa shape index (κ3) is 5.25. The Balaban J connectivity index is 1.49. The Hall–Kier alpha value is -2.55. The van der Waals surface area contributed by atoms with Crippen LogP contribution >= 0.6 is 0 Å². The molecule has 0 bridgehead atoms. The highest BCUT2D eigenvalue weighted by Crippen LogP contribution is 2.44. The van der Waals surface area contributed by atoms with Gasteiger partial charge in [-0.2, -0.15) is 5.26 Å². The fourth-order valence-corrected chi connectivity index (χ4v) is 3.85. The van der Waals surface area contributed by atoms with E-state index < -0.39 is 0 Å². The van der Waals surface area contributed by atoms with Crippen molar-refractivity contribution in [3.63, 3.8) is 0 Å². The molecule has 2 atom stereocenters. The highest BCUT2D eigenvalue weighted by Gasteiger charge is 2.44. The van der Waals surface area contributed by atoms with Crippen molar-refractivity contribution in [2.45, 2.75) is 57.4 Å². The van der Waals surface area contributed by atoms with Gasteiger partial charge < -0.3 is 15.4 Å². The summed E-state index contributed by atoms with van der Waals surface area (Å²) in [6.45, 7) is 0.426. The molecule has 0 aliphatic heterocycles. The Labute approximate surface area is 166 Å². The maximum atomic E-state index is 12.6. The molecule has 28 heavy (non-hydrogen) atoms. The molecule has 1 aromatic carbocycles. The monoisotopic (exact) mass is 383 g/mol. The second-order valence-electron chi connectivity index (χ2n) is 8.03. The van der Waals surface area contributed by atoms with E-state index in [0.29, 0.717) is 19.4 Å². The molecule has 2 aliphatic rings. The predicted octanol–water partition coefficient (Wildman–Crippen LogP) is 2.72. The Bertz CT molecular complexity index is 752. The van der Waals surface area contributed by atoms with Crippen LogP contribution in [0.1, 0.15) is 50.5 Å². The number of rotatable bonds is 8. The van der Waals surface area contributed by atoms with Gasteiger partial charge in [-0.3, -0.25) is 9.59 Å². The molecule has 2 fully saturated rings. The topological polar surface area (TPSA) is 91.2 Å². The number of nitrogens with one attached hydrogen (secondary N) is 2. The smallest absolute Gasteiger partial charge is 0.225 e. The second-order valence-corrected chi connectivity index (χ2v) is 8.03. The number of nitriles is 1. The van der Waals surface area contributed by atoms with E-state index in [1.165, 1.54) is 0 Å². The molecular formula is C22H29N3O3. The molecule has 0 saturated heterocycles. The molecule has 6 nitrogen and oxygen atoms in total. The standard InChI is InChI=1S/C22H29N3O3/c1-28-17-6-4-5-16(13-17)9-10-20(26)25-19-8-3-2-7-18(19)21(27)24-15-22(14-23)11-12-22/h4-6,13,18-19H,2-3,7-12,15H2,1H3,(H,24,27)(H,25,26)/t18-,19+/m1/s1. The molecular weight excluding hydrogens is 354 g/mol. The number of hydrogen-bond donors (Lipinski definition) is 2. The van der Waals surface area contributed by atoms with Gasteiger partial charge in [0.2, 0.25) is 11.8 Å². The number of ether oxygens (including phenoxy) is 1. The van der Waals surface area contributed by atoms with E-state index in [0.717, 1.165) is 49.8 Å². The van der Waals surface area contributed by atoms with Gasteiger partial charge >= 0.3 is 0 Å². The lowest BCUT2D eigenvalue weighted by Crippen LogP contribution is -2.49. The number of benzene rings is 1. The molecule has 1 aromatic rings. The van der Waals surface area contributed by atoms with Crippen molar-refractivity contribution in [2.24, 2.45) is 11.3 Å². The predicted molar refractivity (Wildman–Crippen MR) is 105 cm³/mol. The maximum absolute atomic E-state index is 12.6. The Morgan fingerprint density at radius 2 is 2.07 bits per heavy atom. The third-order valence-corrected chi connectivity index (χ3v) is 5.92. The molecule has 2 N–H and O–H groups in total. The van der Waals surface area contributed by atoms with Gasteiger partial charge in [-0.25, -0.2) is 0 Å². The number of methoxy groups -OCH3 is 1. The summed E-state index contributed by atoms with van der Waals surface area (Å²) in [5.41, 5.74) is 0.707. The number of carbonyl (C=O) groups is 2. The summed E-state index contributed by atoms with van der Waals surface area (Å²) in [6, 6.07) is 9.90. The van der Waals surface area contributed by atoms with Crippen LogP contribution in [0.2, 0.25) is 0 Å². The molecule has 0 spiro atoms. The van der Waals surface area contributed by atoms with Crippen LogP contribution in [0, 0.1) is 22.7 Å². The first-order chi connectivity index (χ1) is 13.5. The van der Waals surface area contributed by atoms with Crippen LogP contribution in [-0.4, -0.2) is 31.5 Å². The van der Waals surface area contributed by atoms with Crippen molar-refractivity contribution in [3.05, 3.63) is 29.8 Å². The summed E-state index contributed by atoms with van der Waals surface area (Å²) in [5, 5.41) is 15.2. The molecule has 150 valence electrons. The van der Waals surface area contributed by atoms with Crippen LogP contribution in [0.4, 0.5) is 0 Å². The molecule has 2 saturated carbocycles. The molecule has 0 aromatic heterocycles. The fraction of sp³-hybridized carbons (Fsp3) is 0.591. The van der Waals surface area contributed by atoms with Crippen LogP contribution in [0.25, 0.3) is 0 Å². The van der Waals surface area contributed by atoms with Gasteiger partial charge in [0.25, 0.3) is 0 Å². The Morgan fingerprint density at radius 3 is 2.79 bits per heavy atom. The number of hydrogen-bond acceptors (Lipinski definition) is 4. The van der Waals surface area contributed by atoms with E-state index >= 15 is 0 Å². The molecule has 2 aliphatic carbocycles. The Kier molecular flexibility index (Phi) is 6.56. The zero-order valence-electron chi connectivity index (χ0n) is 16.5. The highest BCUT2D eigenvalue weighted by molar-refractivity contribution is 5.82. The fourth-order valence-electron chi connectivity index (χ4n) is 3.85. The van der Waals surface area contributed by atoms with Gasteiger partial charge in [0, 0.05) is 19.0 Å². The minimum absolute atomic E-state index is 0.0248. The largest absolute Gasteiger partial charge is 0.497 e. The summed E-state index contributed by atoms with van der Waals surface area (Å²) in [4.78, 5) is 25.1. The van der Waals surface area contributed by atoms with Gasteiger partial charge in [0.15, 0.2) is 0 Å². The van der Waals surface area contributed by atoms with Crippen LogP contribution in [0.15, 0.2) is 24.3 Å². The lowest BCUT2D eigenvalue weighted by atomic mass is 9.83. The molecule has 6 heteroatoms. The quantitative estimate of drug-likeness (QED) is 0.722. The zero-order chi connectivity index (χ0) is 20.0. The van der Waals surface area contributed by atoms with Crippen LogP contribution < -0.4 is 15.4 Å². The molecule has 0 unspecified atom stereocenters. The van der Waals surface area contributed by atoms with Crippen LogP contribution in [0.3, 0.4) is 0 Å². The van der Waals surface area contributed by atoms with Crippen molar-refractivity contribution in [3.8, 4) is 11.8 Å². The summed E-state index contributed by atoms with van der Waals surface area (Å²) >= 11 is 0. The van der Waals surface area contributed by atoms with Crippen molar-refractivity contribution < 1.29 is 14.3 Å². The first-order valence-corrected chi connectivity index (χ1v) is 10.2. The average molecular weight is 383 g/mol. The van der Waals surface area contributed by atoms with E-state index in [1.807, 2.05) is 24.3 Å². The van der Waals surface area contributed by atoms with Crippen molar-refractivity contribution in [2.75, 3.05) is 13.7 Å². The van der Waals surface area contributed by atoms with Crippen LogP contribution in [0.5, 0.6) is 5.75 Å². The third-order valence-electron chi connectivity index (χ3n) is 5.92. The number of nitrogens with zero attached hydrogens (tertiary/aromatic N) is 1. The maximum Gasteiger partial charge on any atom is 0.225 e. The van der Waals surface area contributed by atoms with Crippen molar-refractivity contribution in [1.29, 1.82) is 5.26 Å². The van der Waals surface area contributed by atoms with E-state index in [1.54, 1.807) is 7.11 Å². The van der Waals surface area contributed by atoms with Crippen molar-refractivity contribution in [1.82, 2.24) is 10.6 Å². The zero-order valence-corrected chi connectivity index (χ0v) is 16.5. The first kappa shape index (κ1) is 20.2. The average Bonchev–Trinajstić information content (AvgIpc) is 3.51. The van der Waals surface area contributed by atoms with E-state index in [9.17, 15) is 14.9 Å². The highest BCUT2D eigenvalue weighted by atomic mass is 16.5. The molecule has 2 amide bonds. The number of aryl methyl sites for hydroxylation is 1. The second kappa shape index (κ2) is 9.09. The normalized spacial score (nSPS) is 22.6. The Morgan fingerprint density at radius 1 is 1.29 bits per heavy atom. The van der Waals surface area contributed by atoms with Gasteiger partial charge in [0.05, 0.1) is 24.5 Å². The van der Waals surface area contributed by atoms with Gasteiger partial charge in [0.1, 0.15) is 5.75 Å². The van der Waals surface area contributed by atoms with E-state index in [4.69, 9.17) is 4.74 Å². The molecule has 3 rings (SSSR count). The lowest BCUT2D eigenvalue weighted by Gasteiger charge is -2.31. The summed E-state index contributed by atoms with van der Waals surface area (Å²) in [7, 11) is 1.63. The summed E-state index contributed by atoms with van der Waals surface area (Å²) in [6.07, 6.45) is 6.37. The minimum atomic E-state index is -0.347. The first-order valence-electron chi connectivity index (χ1n) is 10.2.